The first kappa shape index (κ1) is 17.1. The minimum atomic E-state index is -1.46. The summed E-state index contributed by atoms with van der Waals surface area (Å²) in [4.78, 5) is 10.4. The van der Waals surface area contributed by atoms with Gasteiger partial charge in [-0.25, -0.2) is 8.78 Å². The lowest BCUT2D eigenvalue weighted by Gasteiger charge is -2.07. The molecule has 0 N–H and O–H groups in total. The summed E-state index contributed by atoms with van der Waals surface area (Å²) in [5, 5.41) is 0. The van der Waals surface area contributed by atoms with Crippen molar-refractivity contribution in [3.05, 3.63) is 12.2 Å². The topological polar surface area (TPSA) is 26.3 Å². The summed E-state index contributed by atoms with van der Waals surface area (Å²) >= 11 is 0. The Bertz CT molecular complexity index is 240. The van der Waals surface area contributed by atoms with E-state index in [1.807, 2.05) is 6.08 Å². The molecule has 0 rings (SSSR count). The van der Waals surface area contributed by atoms with Crippen LogP contribution in [0.15, 0.2) is 12.2 Å². The molecule has 0 saturated carbocycles. The number of rotatable bonds is 10. The van der Waals surface area contributed by atoms with Crippen molar-refractivity contribution in [3.63, 3.8) is 0 Å². The van der Waals surface area contributed by atoms with Crippen molar-refractivity contribution in [2.24, 2.45) is 0 Å². The molecule has 0 radical (unpaired) electrons. The highest BCUT2D eigenvalue weighted by Gasteiger charge is 2.08. The van der Waals surface area contributed by atoms with Gasteiger partial charge in [0.15, 0.2) is 0 Å². The molecule has 0 aliphatic carbocycles. The highest BCUT2D eigenvalue weighted by atomic mass is 19.1. The molecule has 2 unspecified atom stereocenters. The first-order valence-corrected chi connectivity index (χ1v) is 6.64. The molecule has 0 aromatic carbocycles. The van der Waals surface area contributed by atoms with Crippen LogP contribution in [0.5, 0.6) is 0 Å². The quantitative estimate of drug-likeness (QED) is 0.329. The summed E-state index contributed by atoms with van der Waals surface area (Å²) in [6.45, 7) is 2.71. The van der Waals surface area contributed by atoms with Crippen molar-refractivity contribution in [2.45, 2.75) is 71.3 Å². The highest BCUT2D eigenvalue weighted by molar-refractivity contribution is 5.65. The van der Waals surface area contributed by atoms with Gasteiger partial charge in [-0.2, -0.15) is 0 Å². The van der Waals surface area contributed by atoms with Crippen LogP contribution in [0.2, 0.25) is 0 Å². The van der Waals surface area contributed by atoms with Gasteiger partial charge in [-0.1, -0.05) is 31.4 Å². The van der Waals surface area contributed by atoms with Crippen LogP contribution < -0.4 is 0 Å². The number of allylic oxidation sites excluding steroid dienone is 2. The fraction of sp³-hybridized carbons (Fsp3) is 0.786. The molecule has 0 aliphatic heterocycles. The summed E-state index contributed by atoms with van der Waals surface area (Å²) in [6, 6.07) is 0. The Balaban J connectivity index is 3.23. The number of halogens is 2. The zero-order valence-electron chi connectivity index (χ0n) is 11.3. The van der Waals surface area contributed by atoms with E-state index in [0.29, 0.717) is 0 Å². The Morgan fingerprint density at radius 2 is 1.78 bits per heavy atom. The van der Waals surface area contributed by atoms with Gasteiger partial charge < -0.3 is 4.74 Å². The molecular formula is C14H24F2O2. The van der Waals surface area contributed by atoms with Crippen molar-refractivity contribution in [1.82, 2.24) is 0 Å². The van der Waals surface area contributed by atoms with Crippen LogP contribution in [0.3, 0.4) is 0 Å². The maximum atomic E-state index is 12.9. The van der Waals surface area contributed by atoms with Crippen LogP contribution in [0.1, 0.15) is 58.8 Å². The molecule has 0 spiro atoms. The second-order valence-electron chi connectivity index (χ2n) is 4.47. The number of carbonyl (C=O) groups is 1. The molecule has 4 heteroatoms. The Labute approximate surface area is 108 Å². The van der Waals surface area contributed by atoms with Crippen LogP contribution >= 0.6 is 0 Å². The van der Waals surface area contributed by atoms with Gasteiger partial charge in [0.25, 0.3) is 0 Å². The van der Waals surface area contributed by atoms with E-state index < -0.39 is 18.5 Å². The molecule has 0 amide bonds. The van der Waals surface area contributed by atoms with E-state index in [-0.39, 0.29) is 6.42 Å². The summed E-state index contributed by atoms with van der Waals surface area (Å²) in [5.74, 6) is -0.573. The van der Waals surface area contributed by atoms with Gasteiger partial charge in [-0.15, -0.1) is 0 Å². The molecule has 0 aromatic heterocycles. The van der Waals surface area contributed by atoms with Crippen LogP contribution in [-0.2, 0) is 9.53 Å². The third-order valence-electron chi connectivity index (χ3n) is 2.50. The first-order chi connectivity index (χ1) is 8.52. The summed E-state index contributed by atoms with van der Waals surface area (Å²) < 4.78 is 29.7. The van der Waals surface area contributed by atoms with Gasteiger partial charge in [0.05, 0.1) is 0 Å². The molecule has 0 heterocycles. The molecule has 106 valence electrons. The van der Waals surface area contributed by atoms with Gasteiger partial charge in [0.2, 0.25) is 6.36 Å². The Morgan fingerprint density at radius 1 is 1.17 bits per heavy atom. The number of hydrogen-bond donors (Lipinski definition) is 0. The number of hydrogen-bond acceptors (Lipinski definition) is 2. The van der Waals surface area contributed by atoms with Gasteiger partial charge in [0, 0.05) is 13.3 Å². The van der Waals surface area contributed by atoms with E-state index in [0.717, 1.165) is 38.5 Å². The average molecular weight is 262 g/mol. The SMILES string of the molecule is CC(=O)OC(F)CCCCCCC/C=C\C(C)F. The first-order valence-electron chi connectivity index (χ1n) is 6.64. The summed E-state index contributed by atoms with van der Waals surface area (Å²) in [6.07, 6.45) is 7.07. The molecule has 0 fully saturated rings. The minimum absolute atomic E-state index is 0.277. The van der Waals surface area contributed by atoms with Crippen molar-refractivity contribution >= 4 is 5.97 Å². The van der Waals surface area contributed by atoms with Gasteiger partial charge in [-0.05, 0) is 26.2 Å². The lowest BCUT2D eigenvalue weighted by Crippen LogP contribution is -2.10. The zero-order valence-corrected chi connectivity index (χ0v) is 11.3. The summed E-state index contributed by atoms with van der Waals surface area (Å²) in [7, 11) is 0. The Hall–Kier alpha value is -0.930. The second-order valence-corrected chi connectivity index (χ2v) is 4.47. The van der Waals surface area contributed by atoms with Gasteiger partial charge in [0.1, 0.15) is 6.17 Å². The van der Waals surface area contributed by atoms with Crippen molar-refractivity contribution < 1.29 is 18.3 Å². The van der Waals surface area contributed by atoms with E-state index in [4.69, 9.17) is 0 Å². The van der Waals surface area contributed by atoms with Crippen molar-refractivity contribution in [3.8, 4) is 0 Å². The molecule has 18 heavy (non-hydrogen) atoms. The summed E-state index contributed by atoms with van der Waals surface area (Å²) in [5.41, 5.74) is 0. The van der Waals surface area contributed by atoms with Crippen LogP contribution in [0.4, 0.5) is 8.78 Å². The normalized spacial score (nSPS) is 14.7. The Kier molecular flexibility index (Phi) is 10.6. The van der Waals surface area contributed by atoms with E-state index in [1.54, 1.807) is 6.08 Å². The molecule has 2 nitrogen and oxygen atoms in total. The molecule has 0 aromatic rings. The zero-order chi connectivity index (χ0) is 13.8. The molecular weight excluding hydrogens is 238 g/mol. The molecule has 0 saturated heterocycles. The monoisotopic (exact) mass is 262 g/mol. The smallest absolute Gasteiger partial charge is 0.305 e. The van der Waals surface area contributed by atoms with Crippen LogP contribution in [0, 0.1) is 0 Å². The number of ether oxygens (including phenoxy) is 1. The number of alkyl halides is 2. The Morgan fingerprint density at radius 3 is 2.39 bits per heavy atom. The van der Waals surface area contributed by atoms with Gasteiger partial charge in [-0.3, -0.25) is 4.79 Å². The number of unbranched alkanes of at least 4 members (excludes halogenated alkanes) is 5. The number of esters is 1. The van der Waals surface area contributed by atoms with E-state index in [1.165, 1.54) is 13.8 Å². The lowest BCUT2D eigenvalue weighted by atomic mass is 10.1. The average Bonchev–Trinajstić information content (AvgIpc) is 2.25. The standard InChI is InChI=1S/C14H24F2O2/c1-12(15)10-8-6-4-3-5-7-9-11-14(16)18-13(2)17/h8,10,12,14H,3-7,9,11H2,1-2H3/b10-8-. The van der Waals surface area contributed by atoms with Crippen molar-refractivity contribution in [2.75, 3.05) is 0 Å². The van der Waals surface area contributed by atoms with Crippen LogP contribution in [-0.4, -0.2) is 18.5 Å². The largest absolute Gasteiger partial charge is 0.431 e. The third kappa shape index (κ3) is 13.1. The van der Waals surface area contributed by atoms with E-state index in [9.17, 15) is 13.6 Å². The molecule has 0 bridgehead atoms. The maximum Gasteiger partial charge on any atom is 0.305 e. The fourth-order valence-corrected chi connectivity index (χ4v) is 1.62. The maximum absolute atomic E-state index is 12.9. The van der Waals surface area contributed by atoms with Crippen LogP contribution in [0.25, 0.3) is 0 Å². The van der Waals surface area contributed by atoms with E-state index >= 15 is 0 Å². The predicted octanol–water partition coefficient (Wildman–Crippen LogP) is 4.49. The fourth-order valence-electron chi connectivity index (χ4n) is 1.62. The number of carbonyl (C=O) groups excluding carboxylic acids is 1. The van der Waals surface area contributed by atoms with Crippen molar-refractivity contribution in [1.29, 1.82) is 0 Å². The second kappa shape index (κ2) is 11.2. The highest BCUT2D eigenvalue weighted by Crippen LogP contribution is 2.11. The lowest BCUT2D eigenvalue weighted by molar-refractivity contribution is -0.155. The molecule has 2 atom stereocenters. The van der Waals surface area contributed by atoms with Gasteiger partial charge >= 0.3 is 5.97 Å². The van der Waals surface area contributed by atoms with E-state index in [2.05, 4.69) is 4.74 Å². The third-order valence-corrected chi connectivity index (χ3v) is 2.50. The molecule has 0 aliphatic rings. The minimum Gasteiger partial charge on any atom is -0.431 e. The predicted molar refractivity (Wildman–Crippen MR) is 68.7 cm³/mol.